The molecule has 0 saturated carbocycles. The highest BCUT2D eigenvalue weighted by molar-refractivity contribution is 7.85. The fraction of sp³-hybridized carbons (Fsp3) is 0.875. The Morgan fingerprint density at radius 2 is 2.13 bits per heavy atom. The van der Waals surface area contributed by atoms with Crippen molar-refractivity contribution in [3.8, 4) is 0 Å². The topological polar surface area (TPSA) is 92.7 Å². The van der Waals surface area contributed by atoms with Crippen LogP contribution in [0, 0.1) is 0 Å². The summed E-state index contributed by atoms with van der Waals surface area (Å²) in [6.45, 7) is 3.99. The van der Waals surface area contributed by atoms with Crippen LogP contribution in [0.25, 0.3) is 0 Å². The first kappa shape index (κ1) is 14.3. The van der Waals surface area contributed by atoms with Crippen molar-refractivity contribution in [2.45, 2.75) is 26.3 Å². The molecule has 0 aliphatic carbocycles. The number of carbonyl (C=O) groups is 1. The minimum absolute atomic E-state index is 0.253. The maximum atomic E-state index is 11.1. The largest absolute Gasteiger partial charge is 0.465 e. The van der Waals surface area contributed by atoms with Crippen LogP contribution in [0.3, 0.4) is 0 Å². The highest BCUT2D eigenvalue weighted by Gasteiger charge is 2.12. The second-order valence-electron chi connectivity index (χ2n) is 3.07. The predicted molar refractivity (Wildman–Crippen MR) is 55.1 cm³/mol. The van der Waals surface area contributed by atoms with Gasteiger partial charge in [-0.05, 0) is 26.8 Å². The maximum absolute atomic E-state index is 11.1. The van der Waals surface area contributed by atoms with Gasteiger partial charge in [0.05, 0.1) is 12.4 Å². The van der Waals surface area contributed by atoms with Crippen molar-refractivity contribution in [2.75, 3.05) is 18.9 Å². The van der Waals surface area contributed by atoms with Crippen LogP contribution in [0.1, 0.15) is 20.3 Å². The Hall–Kier alpha value is -0.660. The summed E-state index contributed by atoms with van der Waals surface area (Å²) < 4.78 is 33.9. The molecular weight excluding hydrogens is 222 g/mol. The van der Waals surface area contributed by atoms with Crippen LogP contribution in [0.2, 0.25) is 0 Å². The molecule has 0 radical (unpaired) electrons. The van der Waals surface area contributed by atoms with Crippen LogP contribution < -0.4 is 5.32 Å². The molecule has 0 aliphatic heterocycles. The fourth-order valence-electron chi connectivity index (χ4n) is 0.924. The SMILES string of the molecule is CCOC(=O)[C@H](C)NCCCS(=O)(=O)O. The van der Waals surface area contributed by atoms with E-state index in [4.69, 9.17) is 9.29 Å². The molecule has 0 unspecified atom stereocenters. The minimum atomic E-state index is -3.91. The van der Waals surface area contributed by atoms with Gasteiger partial charge >= 0.3 is 5.97 Å². The lowest BCUT2D eigenvalue weighted by molar-refractivity contribution is -0.145. The van der Waals surface area contributed by atoms with Gasteiger partial charge in [0.1, 0.15) is 6.04 Å². The predicted octanol–water partition coefficient (Wildman–Crippen LogP) is -0.194. The molecule has 0 aromatic carbocycles. The van der Waals surface area contributed by atoms with Crippen molar-refractivity contribution in [3.05, 3.63) is 0 Å². The summed E-state index contributed by atoms with van der Waals surface area (Å²) in [5.41, 5.74) is 0. The van der Waals surface area contributed by atoms with E-state index in [1.807, 2.05) is 0 Å². The van der Waals surface area contributed by atoms with Crippen molar-refractivity contribution < 1.29 is 22.5 Å². The van der Waals surface area contributed by atoms with E-state index in [0.29, 0.717) is 13.2 Å². The standard InChI is InChI=1S/C8H17NO5S/c1-3-14-8(10)7(2)9-5-4-6-15(11,12)13/h7,9H,3-6H2,1-2H3,(H,11,12,13)/t7-/m0/s1. The molecule has 90 valence electrons. The highest BCUT2D eigenvalue weighted by atomic mass is 32.2. The molecule has 6 nitrogen and oxygen atoms in total. The molecule has 2 N–H and O–H groups in total. The summed E-state index contributed by atoms with van der Waals surface area (Å²) in [5, 5.41) is 2.79. The molecule has 0 rings (SSSR count). The lowest BCUT2D eigenvalue weighted by Crippen LogP contribution is -2.36. The van der Waals surface area contributed by atoms with E-state index < -0.39 is 16.2 Å². The lowest BCUT2D eigenvalue weighted by atomic mass is 10.3. The van der Waals surface area contributed by atoms with Crippen molar-refractivity contribution in [2.24, 2.45) is 0 Å². The summed E-state index contributed by atoms with van der Waals surface area (Å²) in [5.74, 6) is -0.681. The monoisotopic (exact) mass is 239 g/mol. The van der Waals surface area contributed by atoms with Crippen molar-refractivity contribution in [1.29, 1.82) is 0 Å². The van der Waals surface area contributed by atoms with E-state index in [2.05, 4.69) is 5.32 Å². The van der Waals surface area contributed by atoms with Crippen molar-refractivity contribution >= 4 is 16.1 Å². The molecule has 1 atom stereocenters. The Kier molecular flexibility index (Phi) is 6.46. The van der Waals surface area contributed by atoms with Crippen molar-refractivity contribution in [3.63, 3.8) is 0 Å². The molecule has 0 heterocycles. The molecule has 0 amide bonds. The first-order chi connectivity index (χ1) is 6.87. The Labute approximate surface area is 89.7 Å². The van der Waals surface area contributed by atoms with Crippen molar-refractivity contribution in [1.82, 2.24) is 5.32 Å². The van der Waals surface area contributed by atoms with Gasteiger partial charge in [0.25, 0.3) is 10.1 Å². The molecule has 0 aromatic rings. The average Bonchev–Trinajstić information content (AvgIpc) is 2.11. The van der Waals surface area contributed by atoms with Gasteiger partial charge < -0.3 is 10.1 Å². The molecule has 15 heavy (non-hydrogen) atoms. The zero-order valence-electron chi connectivity index (χ0n) is 8.89. The van der Waals surface area contributed by atoms with Crippen LogP contribution in [-0.4, -0.2) is 43.9 Å². The first-order valence-corrected chi connectivity index (χ1v) is 6.33. The van der Waals surface area contributed by atoms with Crippen LogP contribution in [-0.2, 0) is 19.6 Å². The summed E-state index contributed by atoms with van der Waals surface area (Å²) in [6.07, 6.45) is 0.253. The van der Waals surface area contributed by atoms with Gasteiger partial charge in [0, 0.05) is 0 Å². The van der Waals surface area contributed by atoms with Gasteiger partial charge in [0.2, 0.25) is 0 Å². The quantitative estimate of drug-likeness (QED) is 0.363. The molecule has 7 heteroatoms. The molecule has 0 aromatic heterocycles. The van der Waals surface area contributed by atoms with Gasteiger partial charge in [-0.15, -0.1) is 0 Å². The number of carbonyl (C=O) groups excluding carboxylic acids is 1. The first-order valence-electron chi connectivity index (χ1n) is 4.72. The van der Waals surface area contributed by atoms with E-state index in [1.165, 1.54) is 0 Å². The van der Waals surface area contributed by atoms with E-state index >= 15 is 0 Å². The van der Waals surface area contributed by atoms with E-state index in [9.17, 15) is 13.2 Å². The second-order valence-corrected chi connectivity index (χ2v) is 4.64. The summed E-state index contributed by atoms with van der Waals surface area (Å²) in [6, 6.07) is -0.466. The van der Waals surface area contributed by atoms with Gasteiger partial charge in [-0.3, -0.25) is 9.35 Å². The van der Waals surface area contributed by atoms with Crippen LogP contribution in [0.5, 0.6) is 0 Å². The van der Waals surface area contributed by atoms with Gasteiger partial charge in [0.15, 0.2) is 0 Å². The van der Waals surface area contributed by atoms with Gasteiger partial charge in [-0.1, -0.05) is 0 Å². The molecular formula is C8H17NO5S. The molecule has 0 fully saturated rings. The number of ether oxygens (including phenoxy) is 1. The zero-order valence-corrected chi connectivity index (χ0v) is 9.71. The minimum Gasteiger partial charge on any atom is -0.465 e. The Bertz CT molecular complexity index is 287. The zero-order chi connectivity index (χ0) is 11.9. The second kappa shape index (κ2) is 6.76. The van der Waals surface area contributed by atoms with E-state index in [1.54, 1.807) is 13.8 Å². The number of hydrogen-bond acceptors (Lipinski definition) is 5. The van der Waals surface area contributed by atoms with Crippen LogP contribution >= 0.6 is 0 Å². The third-order valence-electron chi connectivity index (χ3n) is 1.67. The van der Waals surface area contributed by atoms with E-state index in [0.717, 1.165) is 0 Å². The smallest absolute Gasteiger partial charge is 0.322 e. The lowest BCUT2D eigenvalue weighted by Gasteiger charge is -2.11. The number of nitrogens with one attached hydrogen (secondary N) is 1. The third-order valence-corrected chi connectivity index (χ3v) is 2.47. The Morgan fingerprint density at radius 3 is 2.60 bits per heavy atom. The Balaban J connectivity index is 3.64. The Morgan fingerprint density at radius 1 is 1.53 bits per heavy atom. The number of hydrogen-bond donors (Lipinski definition) is 2. The average molecular weight is 239 g/mol. The summed E-state index contributed by atoms with van der Waals surface area (Å²) in [7, 11) is -3.91. The highest BCUT2D eigenvalue weighted by Crippen LogP contribution is 1.90. The van der Waals surface area contributed by atoms with Crippen LogP contribution in [0.15, 0.2) is 0 Å². The fourth-order valence-corrected chi connectivity index (χ4v) is 1.43. The molecule has 0 aliphatic rings. The third kappa shape index (κ3) is 8.34. The summed E-state index contributed by atoms with van der Waals surface area (Å²) in [4.78, 5) is 11.1. The van der Waals surface area contributed by atoms with Gasteiger partial charge in [-0.2, -0.15) is 8.42 Å². The maximum Gasteiger partial charge on any atom is 0.322 e. The summed E-state index contributed by atoms with van der Waals surface area (Å²) >= 11 is 0. The van der Waals surface area contributed by atoms with Gasteiger partial charge in [-0.25, -0.2) is 0 Å². The molecule has 0 bridgehead atoms. The van der Waals surface area contributed by atoms with Crippen LogP contribution in [0.4, 0.5) is 0 Å². The molecule has 0 saturated heterocycles. The number of rotatable bonds is 7. The normalized spacial score (nSPS) is 13.5. The van der Waals surface area contributed by atoms with E-state index in [-0.39, 0.29) is 18.1 Å². The molecule has 0 spiro atoms. The number of esters is 1.